The zero-order chi connectivity index (χ0) is 26.7. The third-order valence-electron chi connectivity index (χ3n) is 6.31. The fourth-order valence-corrected chi connectivity index (χ4v) is 4.40. The van der Waals surface area contributed by atoms with E-state index in [0.29, 0.717) is 22.5 Å². The van der Waals surface area contributed by atoms with Crippen LogP contribution in [0.3, 0.4) is 0 Å². The van der Waals surface area contributed by atoms with Crippen LogP contribution in [0.1, 0.15) is 37.9 Å². The number of pyridine rings is 3. The summed E-state index contributed by atoms with van der Waals surface area (Å²) in [4.78, 5) is 11.2. The highest BCUT2D eigenvalue weighted by atomic mass is 16.5. The van der Waals surface area contributed by atoms with E-state index < -0.39 is 5.60 Å². The lowest BCUT2D eigenvalue weighted by Crippen LogP contribution is -2.38. The van der Waals surface area contributed by atoms with Crippen LogP contribution in [0.15, 0.2) is 55.1 Å². The number of anilines is 1. The molecule has 4 aromatic rings. The number of piperidine rings is 1. The summed E-state index contributed by atoms with van der Waals surface area (Å²) < 4.78 is 13.5. The maximum Gasteiger partial charge on any atom is 0.138 e. The second kappa shape index (κ2) is 10.4. The lowest BCUT2D eigenvalue weighted by Gasteiger charge is -2.33. The highest BCUT2D eigenvalue weighted by molar-refractivity contribution is 5.85. The first-order chi connectivity index (χ1) is 18.3. The average Bonchev–Trinajstić information content (AvgIpc) is 3.35. The SMILES string of the molecule is C#Cc1ccc(OC2CCN(c3ccc(-c4cc(OCC(C)(C)O)cn5ncc(C#N)c45)cn3)CC2)cn1. The summed E-state index contributed by atoms with van der Waals surface area (Å²) in [5.41, 5.74) is 2.37. The van der Waals surface area contributed by atoms with Gasteiger partial charge in [0, 0.05) is 43.3 Å². The van der Waals surface area contributed by atoms with Crippen LogP contribution in [0.4, 0.5) is 5.82 Å². The van der Waals surface area contributed by atoms with Gasteiger partial charge in [0.25, 0.3) is 0 Å². The minimum atomic E-state index is -0.984. The molecule has 0 amide bonds. The first-order valence-electron chi connectivity index (χ1n) is 12.4. The number of terminal acetylenes is 1. The predicted molar refractivity (Wildman–Crippen MR) is 143 cm³/mol. The molecule has 1 N–H and O–H groups in total. The van der Waals surface area contributed by atoms with Gasteiger partial charge in [0.2, 0.25) is 0 Å². The number of aromatic nitrogens is 4. The van der Waals surface area contributed by atoms with Crippen LogP contribution in [0.2, 0.25) is 0 Å². The van der Waals surface area contributed by atoms with Crippen molar-refractivity contribution < 1.29 is 14.6 Å². The second-order valence-corrected chi connectivity index (χ2v) is 9.89. The molecule has 0 bridgehead atoms. The molecule has 38 heavy (non-hydrogen) atoms. The van der Waals surface area contributed by atoms with Gasteiger partial charge in [-0.15, -0.1) is 6.42 Å². The molecule has 5 heterocycles. The van der Waals surface area contributed by atoms with Gasteiger partial charge in [0.15, 0.2) is 0 Å². The van der Waals surface area contributed by atoms with Gasteiger partial charge in [0.1, 0.15) is 41.8 Å². The second-order valence-electron chi connectivity index (χ2n) is 9.89. The van der Waals surface area contributed by atoms with Gasteiger partial charge >= 0.3 is 0 Å². The fraction of sp³-hybridized carbons (Fsp3) is 0.310. The van der Waals surface area contributed by atoms with Crippen molar-refractivity contribution in [2.24, 2.45) is 0 Å². The minimum Gasteiger partial charge on any atom is -0.489 e. The molecule has 0 atom stereocenters. The molecule has 9 heteroatoms. The van der Waals surface area contributed by atoms with Crippen LogP contribution in [-0.4, -0.2) is 56.1 Å². The number of hydrogen-bond acceptors (Lipinski definition) is 8. The summed E-state index contributed by atoms with van der Waals surface area (Å²) in [7, 11) is 0. The minimum absolute atomic E-state index is 0.107. The van der Waals surface area contributed by atoms with E-state index in [0.717, 1.165) is 48.6 Å². The number of ether oxygens (including phenoxy) is 2. The number of nitriles is 1. The van der Waals surface area contributed by atoms with Crippen molar-refractivity contribution in [3.05, 3.63) is 66.4 Å². The molecule has 1 aliphatic heterocycles. The standard InChI is InChI=1S/C29H28N6O3/c1-4-22-6-7-24(17-31-22)38-23-9-11-34(12-10-23)27-8-5-20(15-32-27)26-13-25(37-19-29(2,3)36)18-35-28(26)21(14-30)16-33-35/h1,5-8,13,15-18,23,36H,9-12,19H2,2-3H3. The van der Waals surface area contributed by atoms with E-state index in [1.807, 2.05) is 24.3 Å². The number of fused-ring (bicyclic) bond motifs is 1. The Bertz CT molecular complexity index is 1500. The van der Waals surface area contributed by atoms with Crippen LogP contribution in [0.5, 0.6) is 11.5 Å². The Morgan fingerprint density at radius 1 is 1.11 bits per heavy atom. The molecule has 0 radical (unpaired) electrons. The molecule has 4 aromatic heterocycles. The van der Waals surface area contributed by atoms with Crippen molar-refractivity contribution in [1.82, 2.24) is 19.6 Å². The van der Waals surface area contributed by atoms with Crippen molar-refractivity contribution in [2.45, 2.75) is 38.4 Å². The van der Waals surface area contributed by atoms with Crippen LogP contribution >= 0.6 is 0 Å². The Morgan fingerprint density at radius 3 is 2.55 bits per heavy atom. The first kappa shape index (κ1) is 25.1. The van der Waals surface area contributed by atoms with Crippen LogP contribution < -0.4 is 14.4 Å². The van der Waals surface area contributed by atoms with Crippen molar-refractivity contribution in [3.63, 3.8) is 0 Å². The van der Waals surface area contributed by atoms with Crippen molar-refractivity contribution in [2.75, 3.05) is 24.6 Å². The first-order valence-corrected chi connectivity index (χ1v) is 12.4. The van der Waals surface area contributed by atoms with E-state index in [-0.39, 0.29) is 12.7 Å². The van der Waals surface area contributed by atoms with Gasteiger partial charge in [-0.1, -0.05) is 5.92 Å². The average molecular weight is 509 g/mol. The Morgan fingerprint density at radius 2 is 1.92 bits per heavy atom. The van der Waals surface area contributed by atoms with E-state index in [9.17, 15) is 10.4 Å². The molecule has 0 unspecified atom stereocenters. The molecule has 192 valence electrons. The Balaban J connectivity index is 1.31. The molecule has 9 nitrogen and oxygen atoms in total. The molecule has 0 aromatic carbocycles. The van der Waals surface area contributed by atoms with E-state index in [1.54, 1.807) is 43.0 Å². The normalized spacial score (nSPS) is 14.2. The van der Waals surface area contributed by atoms with Gasteiger partial charge in [-0.3, -0.25) is 0 Å². The summed E-state index contributed by atoms with van der Waals surface area (Å²) in [6, 6.07) is 11.7. The van der Waals surface area contributed by atoms with Crippen molar-refractivity contribution >= 4 is 11.3 Å². The van der Waals surface area contributed by atoms with Crippen molar-refractivity contribution in [1.29, 1.82) is 5.26 Å². The van der Waals surface area contributed by atoms with Gasteiger partial charge in [-0.2, -0.15) is 10.4 Å². The third kappa shape index (κ3) is 5.54. The molecule has 1 saturated heterocycles. The lowest BCUT2D eigenvalue weighted by atomic mass is 10.0. The summed E-state index contributed by atoms with van der Waals surface area (Å²) in [5, 5.41) is 24.0. The number of hydrogen-bond donors (Lipinski definition) is 1. The molecule has 0 spiro atoms. The Hall–Kier alpha value is -4.60. The largest absolute Gasteiger partial charge is 0.489 e. The van der Waals surface area contributed by atoms with E-state index in [1.165, 1.54) is 6.20 Å². The fourth-order valence-electron chi connectivity index (χ4n) is 4.40. The molecular formula is C29H28N6O3. The van der Waals surface area contributed by atoms with E-state index >= 15 is 0 Å². The molecule has 0 aliphatic carbocycles. The Kier molecular flexibility index (Phi) is 6.87. The summed E-state index contributed by atoms with van der Waals surface area (Å²) in [6.07, 6.45) is 13.9. The van der Waals surface area contributed by atoms with E-state index in [4.69, 9.17) is 20.9 Å². The van der Waals surface area contributed by atoms with E-state index in [2.05, 4.69) is 27.0 Å². The molecule has 1 aliphatic rings. The highest BCUT2D eigenvalue weighted by Crippen LogP contribution is 2.32. The summed E-state index contributed by atoms with van der Waals surface area (Å²) in [6.45, 7) is 5.12. The summed E-state index contributed by atoms with van der Waals surface area (Å²) >= 11 is 0. The maximum atomic E-state index is 10.1. The van der Waals surface area contributed by atoms with Crippen LogP contribution in [-0.2, 0) is 0 Å². The monoisotopic (exact) mass is 508 g/mol. The lowest BCUT2D eigenvalue weighted by molar-refractivity contribution is 0.0283. The van der Waals surface area contributed by atoms with Crippen LogP contribution in [0.25, 0.3) is 16.6 Å². The Labute approximate surface area is 221 Å². The number of nitrogens with zero attached hydrogens (tertiary/aromatic N) is 6. The van der Waals surface area contributed by atoms with Crippen molar-refractivity contribution in [3.8, 4) is 41.0 Å². The van der Waals surface area contributed by atoms with Gasteiger partial charge < -0.3 is 19.5 Å². The molecule has 5 rings (SSSR count). The number of aliphatic hydroxyl groups is 1. The summed E-state index contributed by atoms with van der Waals surface area (Å²) in [5.74, 6) is 4.65. The van der Waals surface area contributed by atoms with Gasteiger partial charge in [-0.25, -0.2) is 14.5 Å². The topological polar surface area (TPSA) is 109 Å². The zero-order valence-corrected chi connectivity index (χ0v) is 21.3. The smallest absolute Gasteiger partial charge is 0.138 e. The van der Waals surface area contributed by atoms with Gasteiger partial charge in [-0.05, 0) is 44.2 Å². The molecule has 1 fully saturated rings. The molecule has 0 saturated carbocycles. The third-order valence-corrected chi connectivity index (χ3v) is 6.31. The van der Waals surface area contributed by atoms with Crippen LogP contribution in [0, 0.1) is 23.7 Å². The zero-order valence-electron chi connectivity index (χ0n) is 21.3. The van der Waals surface area contributed by atoms with Gasteiger partial charge in [0.05, 0.1) is 35.3 Å². The molecular weight excluding hydrogens is 480 g/mol. The number of rotatable bonds is 7. The predicted octanol–water partition coefficient (Wildman–Crippen LogP) is 3.84. The quantitative estimate of drug-likeness (QED) is 0.375. The maximum absolute atomic E-state index is 10.1. The highest BCUT2D eigenvalue weighted by Gasteiger charge is 2.22.